The molecule has 1 aromatic rings. The first kappa shape index (κ1) is 20.2. The van der Waals surface area contributed by atoms with Crippen LogP contribution in [0, 0.1) is 0 Å². The van der Waals surface area contributed by atoms with Crippen molar-refractivity contribution in [3.05, 3.63) is 35.9 Å². The van der Waals surface area contributed by atoms with Crippen molar-refractivity contribution >= 4 is 24.2 Å². The van der Waals surface area contributed by atoms with Crippen LogP contribution in [0.25, 0.3) is 0 Å². The lowest BCUT2D eigenvalue weighted by Gasteiger charge is -2.13. The van der Waals surface area contributed by atoms with Gasteiger partial charge in [-0.1, -0.05) is 30.3 Å². The molecule has 0 aliphatic heterocycles. The van der Waals surface area contributed by atoms with Crippen molar-refractivity contribution in [2.24, 2.45) is 5.73 Å². The Morgan fingerprint density at radius 3 is 2.27 bits per heavy atom. The fraction of sp³-hybridized carbons (Fsp3) is 0.385. The molecule has 1 rings (SSSR count). The van der Waals surface area contributed by atoms with Gasteiger partial charge in [-0.3, -0.25) is 9.59 Å². The van der Waals surface area contributed by atoms with Gasteiger partial charge in [-0.2, -0.15) is 13.2 Å². The molecule has 124 valence electrons. The van der Waals surface area contributed by atoms with Crippen LogP contribution < -0.4 is 16.4 Å². The SMILES string of the molecule is Cl.N[C@@H](Cc1ccccc1)C(=O)NCC(=O)NCC(F)(F)F. The highest BCUT2D eigenvalue weighted by Crippen LogP contribution is 2.11. The van der Waals surface area contributed by atoms with E-state index in [2.05, 4.69) is 5.32 Å². The summed E-state index contributed by atoms with van der Waals surface area (Å²) in [5, 5.41) is 3.84. The molecule has 0 aromatic heterocycles. The average molecular weight is 340 g/mol. The van der Waals surface area contributed by atoms with Crippen molar-refractivity contribution < 1.29 is 22.8 Å². The Kier molecular flexibility index (Phi) is 8.51. The van der Waals surface area contributed by atoms with Crippen LogP contribution in [0.4, 0.5) is 13.2 Å². The normalized spacial score (nSPS) is 12.0. The van der Waals surface area contributed by atoms with Gasteiger partial charge in [0.1, 0.15) is 6.54 Å². The number of alkyl halides is 3. The van der Waals surface area contributed by atoms with Crippen LogP contribution in [0.2, 0.25) is 0 Å². The molecule has 4 N–H and O–H groups in total. The van der Waals surface area contributed by atoms with E-state index in [4.69, 9.17) is 5.73 Å². The summed E-state index contributed by atoms with van der Waals surface area (Å²) in [5.41, 5.74) is 6.50. The smallest absolute Gasteiger partial charge is 0.346 e. The van der Waals surface area contributed by atoms with Crippen LogP contribution in [-0.4, -0.2) is 37.1 Å². The maximum Gasteiger partial charge on any atom is 0.405 e. The predicted molar refractivity (Wildman–Crippen MR) is 77.4 cm³/mol. The molecule has 0 spiro atoms. The Morgan fingerprint density at radius 2 is 1.73 bits per heavy atom. The van der Waals surface area contributed by atoms with Crippen LogP contribution in [0.1, 0.15) is 5.56 Å². The van der Waals surface area contributed by atoms with E-state index in [1.807, 2.05) is 6.07 Å². The predicted octanol–water partition coefficient (Wildman–Crippen LogP) is 0.773. The van der Waals surface area contributed by atoms with E-state index >= 15 is 0 Å². The Hall–Kier alpha value is -1.80. The second kappa shape index (κ2) is 9.26. The third-order valence-electron chi connectivity index (χ3n) is 2.54. The molecule has 2 amide bonds. The summed E-state index contributed by atoms with van der Waals surface area (Å²) in [4.78, 5) is 22.7. The van der Waals surface area contributed by atoms with Gasteiger partial charge in [0.25, 0.3) is 0 Å². The van der Waals surface area contributed by atoms with Gasteiger partial charge in [0.05, 0.1) is 12.6 Å². The zero-order valence-corrected chi connectivity index (χ0v) is 12.3. The molecule has 0 saturated carbocycles. The molecule has 0 saturated heterocycles. The first-order chi connectivity index (χ1) is 9.78. The zero-order valence-electron chi connectivity index (χ0n) is 11.5. The largest absolute Gasteiger partial charge is 0.405 e. The second-order valence-electron chi connectivity index (χ2n) is 4.41. The summed E-state index contributed by atoms with van der Waals surface area (Å²) in [6.07, 6.45) is -4.21. The van der Waals surface area contributed by atoms with E-state index in [0.29, 0.717) is 0 Å². The molecule has 0 unspecified atom stereocenters. The monoisotopic (exact) mass is 339 g/mol. The number of rotatable bonds is 6. The van der Waals surface area contributed by atoms with Crippen molar-refractivity contribution in [2.75, 3.05) is 13.1 Å². The van der Waals surface area contributed by atoms with Crippen LogP contribution >= 0.6 is 12.4 Å². The molecule has 0 heterocycles. The number of carbonyl (C=O) groups is 2. The zero-order chi connectivity index (χ0) is 15.9. The van der Waals surface area contributed by atoms with Gasteiger partial charge in [0.15, 0.2) is 0 Å². The van der Waals surface area contributed by atoms with Crippen LogP contribution in [0.5, 0.6) is 0 Å². The summed E-state index contributed by atoms with van der Waals surface area (Å²) in [5.74, 6) is -1.52. The van der Waals surface area contributed by atoms with E-state index in [1.165, 1.54) is 0 Å². The van der Waals surface area contributed by atoms with Gasteiger partial charge in [-0.15, -0.1) is 12.4 Å². The Balaban J connectivity index is 0.00000441. The third kappa shape index (κ3) is 8.48. The van der Waals surface area contributed by atoms with Crippen molar-refractivity contribution in [2.45, 2.75) is 18.6 Å². The lowest BCUT2D eigenvalue weighted by Crippen LogP contribution is -2.46. The van der Waals surface area contributed by atoms with E-state index in [9.17, 15) is 22.8 Å². The van der Waals surface area contributed by atoms with E-state index in [1.54, 1.807) is 29.6 Å². The van der Waals surface area contributed by atoms with E-state index in [0.717, 1.165) is 5.56 Å². The minimum atomic E-state index is -4.48. The van der Waals surface area contributed by atoms with Gasteiger partial charge in [0, 0.05) is 0 Å². The highest BCUT2D eigenvalue weighted by atomic mass is 35.5. The summed E-state index contributed by atoms with van der Waals surface area (Å²) < 4.78 is 35.6. The number of benzene rings is 1. The number of hydrogen-bond acceptors (Lipinski definition) is 3. The summed E-state index contributed by atoms with van der Waals surface area (Å²) >= 11 is 0. The van der Waals surface area contributed by atoms with Crippen molar-refractivity contribution in [1.82, 2.24) is 10.6 Å². The third-order valence-corrected chi connectivity index (χ3v) is 2.54. The summed E-state index contributed by atoms with van der Waals surface area (Å²) in [7, 11) is 0. The second-order valence-corrected chi connectivity index (χ2v) is 4.41. The number of carbonyl (C=O) groups excluding carboxylic acids is 2. The maximum absolute atomic E-state index is 11.9. The molecule has 0 aliphatic rings. The van der Waals surface area contributed by atoms with Crippen LogP contribution in [-0.2, 0) is 16.0 Å². The van der Waals surface area contributed by atoms with Gasteiger partial charge in [0.2, 0.25) is 11.8 Å². The molecule has 0 radical (unpaired) electrons. The number of amides is 2. The lowest BCUT2D eigenvalue weighted by molar-refractivity contribution is -0.138. The minimum absolute atomic E-state index is 0. The standard InChI is InChI=1S/C13H16F3N3O2.ClH/c14-13(15,16)8-19-11(20)7-18-12(21)10(17)6-9-4-2-1-3-5-9;/h1-5,10H,6-8,17H2,(H,18,21)(H,19,20);1H/t10-;/m0./s1. The highest BCUT2D eigenvalue weighted by molar-refractivity contribution is 5.87. The quantitative estimate of drug-likeness (QED) is 0.716. The highest BCUT2D eigenvalue weighted by Gasteiger charge is 2.27. The van der Waals surface area contributed by atoms with Crippen LogP contribution in [0.15, 0.2) is 30.3 Å². The van der Waals surface area contributed by atoms with Crippen LogP contribution in [0.3, 0.4) is 0 Å². The van der Waals surface area contributed by atoms with Gasteiger partial charge >= 0.3 is 6.18 Å². The van der Waals surface area contributed by atoms with Crippen molar-refractivity contribution in [3.8, 4) is 0 Å². The fourth-order valence-electron chi connectivity index (χ4n) is 1.52. The number of halogens is 4. The summed E-state index contributed by atoms with van der Waals surface area (Å²) in [6.45, 7) is -1.98. The summed E-state index contributed by atoms with van der Waals surface area (Å²) in [6, 6.07) is 8.13. The van der Waals surface area contributed by atoms with Gasteiger partial charge in [-0.25, -0.2) is 0 Å². The number of nitrogens with two attached hydrogens (primary N) is 1. The minimum Gasteiger partial charge on any atom is -0.346 e. The Morgan fingerprint density at radius 1 is 1.14 bits per heavy atom. The molecule has 0 aliphatic carbocycles. The van der Waals surface area contributed by atoms with E-state index in [-0.39, 0.29) is 18.8 Å². The molecule has 1 aromatic carbocycles. The number of nitrogens with one attached hydrogen (secondary N) is 2. The fourth-order valence-corrected chi connectivity index (χ4v) is 1.52. The molecular weight excluding hydrogens is 323 g/mol. The number of hydrogen-bond donors (Lipinski definition) is 3. The molecule has 5 nitrogen and oxygen atoms in total. The molecule has 1 atom stereocenters. The molecular formula is C13H17ClF3N3O2. The average Bonchev–Trinajstić information content (AvgIpc) is 2.42. The molecule has 9 heteroatoms. The van der Waals surface area contributed by atoms with Crippen molar-refractivity contribution in [1.29, 1.82) is 0 Å². The molecule has 0 bridgehead atoms. The Labute approximate surface area is 131 Å². The van der Waals surface area contributed by atoms with Gasteiger partial charge < -0.3 is 16.4 Å². The maximum atomic E-state index is 11.9. The molecule has 0 fully saturated rings. The van der Waals surface area contributed by atoms with Gasteiger partial charge in [-0.05, 0) is 12.0 Å². The molecule has 22 heavy (non-hydrogen) atoms. The first-order valence-electron chi connectivity index (χ1n) is 6.18. The van der Waals surface area contributed by atoms with Crippen molar-refractivity contribution in [3.63, 3.8) is 0 Å². The first-order valence-corrected chi connectivity index (χ1v) is 6.18. The van der Waals surface area contributed by atoms with E-state index < -0.39 is 37.1 Å². The topological polar surface area (TPSA) is 84.2 Å². The lowest BCUT2D eigenvalue weighted by atomic mass is 10.1. The Bertz CT molecular complexity index is 483.